The van der Waals surface area contributed by atoms with Crippen LogP contribution in [0.5, 0.6) is 0 Å². The Morgan fingerprint density at radius 2 is 2.17 bits per heavy atom. The van der Waals surface area contributed by atoms with Gasteiger partial charge in [-0.05, 0) is 42.7 Å². The molecule has 1 unspecified atom stereocenters. The number of hydrogen-bond donors (Lipinski definition) is 1. The standard InChI is InChI=1S/C15H18N2S/c1-12(16)14-5-2-6-15(10-14)18-9-7-13-4-3-8-17-11-13/h2-6,8,10-12H,7,9,16H2,1H3. The Morgan fingerprint density at radius 3 is 2.89 bits per heavy atom. The van der Waals surface area contributed by atoms with Crippen molar-refractivity contribution >= 4 is 11.8 Å². The van der Waals surface area contributed by atoms with Crippen LogP contribution >= 0.6 is 11.8 Å². The molecule has 18 heavy (non-hydrogen) atoms. The highest BCUT2D eigenvalue weighted by molar-refractivity contribution is 7.99. The number of hydrogen-bond acceptors (Lipinski definition) is 3. The highest BCUT2D eigenvalue weighted by Gasteiger charge is 2.01. The number of aryl methyl sites for hydroxylation is 1. The zero-order valence-corrected chi connectivity index (χ0v) is 11.4. The minimum atomic E-state index is 0.101. The average molecular weight is 258 g/mol. The first kappa shape index (κ1) is 13.1. The highest BCUT2D eigenvalue weighted by Crippen LogP contribution is 2.22. The van der Waals surface area contributed by atoms with Crippen molar-refractivity contribution in [3.05, 3.63) is 59.9 Å². The van der Waals surface area contributed by atoms with Gasteiger partial charge in [0.05, 0.1) is 0 Å². The van der Waals surface area contributed by atoms with E-state index in [2.05, 4.69) is 35.3 Å². The number of nitrogens with zero attached hydrogens (tertiary/aromatic N) is 1. The van der Waals surface area contributed by atoms with Gasteiger partial charge in [0.25, 0.3) is 0 Å². The second kappa shape index (κ2) is 6.57. The third-order valence-corrected chi connectivity index (χ3v) is 3.76. The van der Waals surface area contributed by atoms with Crippen LogP contribution in [0.1, 0.15) is 24.1 Å². The van der Waals surface area contributed by atoms with Gasteiger partial charge in [-0.3, -0.25) is 4.98 Å². The molecule has 1 aromatic heterocycles. The first-order valence-corrected chi connectivity index (χ1v) is 7.11. The van der Waals surface area contributed by atoms with Gasteiger partial charge in [-0.25, -0.2) is 0 Å². The smallest absolute Gasteiger partial charge is 0.0300 e. The lowest BCUT2D eigenvalue weighted by Crippen LogP contribution is -2.04. The maximum atomic E-state index is 5.88. The first-order valence-electron chi connectivity index (χ1n) is 6.13. The molecular weight excluding hydrogens is 240 g/mol. The van der Waals surface area contributed by atoms with Crippen LogP contribution in [-0.4, -0.2) is 10.7 Å². The molecule has 0 aliphatic heterocycles. The van der Waals surface area contributed by atoms with Gasteiger partial charge in [0.2, 0.25) is 0 Å². The van der Waals surface area contributed by atoms with Crippen LogP contribution in [0.2, 0.25) is 0 Å². The summed E-state index contributed by atoms with van der Waals surface area (Å²) in [6, 6.07) is 12.7. The molecule has 1 heterocycles. The summed E-state index contributed by atoms with van der Waals surface area (Å²) in [5.74, 6) is 1.06. The lowest BCUT2D eigenvalue weighted by molar-refractivity contribution is 0.815. The van der Waals surface area contributed by atoms with E-state index in [0.717, 1.165) is 12.2 Å². The van der Waals surface area contributed by atoms with Crippen LogP contribution < -0.4 is 5.73 Å². The summed E-state index contributed by atoms with van der Waals surface area (Å²) in [5.41, 5.74) is 8.37. The van der Waals surface area contributed by atoms with Crippen LogP contribution in [0, 0.1) is 0 Å². The van der Waals surface area contributed by atoms with E-state index in [9.17, 15) is 0 Å². The Balaban J connectivity index is 1.89. The number of nitrogens with two attached hydrogens (primary N) is 1. The van der Waals surface area contributed by atoms with E-state index >= 15 is 0 Å². The molecule has 2 nitrogen and oxygen atoms in total. The van der Waals surface area contributed by atoms with Crippen LogP contribution in [0.4, 0.5) is 0 Å². The SMILES string of the molecule is CC(N)c1cccc(SCCc2cccnc2)c1. The summed E-state index contributed by atoms with van der Waals surface area (Å²) in [6.07, 6.45) is 4.78. The summed E-state index contributed by atoms with van der Waals surface area (Å²) in [6.45, 7) is 2.01. The lowest BCUT2D eigenvalue weighted by Gasteiger charge is -2.08. The van der Waals surface area contributed by atoms with Crippen LogP contribution in [0.15, 0.2) is 53.7 Å². The van der Waals surface area contributed by atoms with Crippen molar-refractivity contribution in [1.29, 1.82) is 0 Å². The Morgan fingerprint density at radius 1 is 1.28 bits per heavy atom. The van der Waals surface area contributed by atoms with E-state index in [1.165, 1.54) is 16.0 Å². The summed E-state index contributed by atoms with van der Waals surface area (Å²) < 4.78 is 0. The van der Waals surface area contributed by atoms with Gasteiger partial charge in [-0.2, -0.15) is 0 Å². The molecule has 1 atom stereocenters. The van der Waals surface area contributed by atoms with Gasteiger partial charge in [-0.1, -0.05) is 18.2 Å². The van der Waals surface area contributed by atoms with E-state index in [1.807, 2.05) is 37.1 Å². The largest absolute Gasteiger partial charge is 0.324 e. The fourth-order valence-electron chi connectivity index (χ4n) is 1.72. The second-order valence-corrected chi connectivity index (χ2v) is 5.49. The molecule has 94 valence electrons. The number of pyridine rings is 1. The van der Waals surface area contributed by atoms with Crippen molar-refractivity contribution in [2.45, 2.75) is 24.3 Å². The molecule has 0 amide bonds. The third-order valence-electron chi connectivity index (χ3n) is 2.77. The van der Waals surface area contributed by atoms with E-state index in [4.69, 9.17) is 5.73 Å². The fraction of sp³-hybridized carbons (Fsp3) is 0.267. The molecule has 0 saturated carbocycles. The maximum Gasteiger partial charge on any atom is 0.0300 e. The topological polar surface area (TPSA) is 38.9 Å². The fourth-order valence-corrected chi connectivity index (χ4v) is 2.69. The van der Waals surface area contributed by atoms with Crippen LogP contribution in [0.3, 0.4) is 0 Å². The van der Waals surface area contributed by atoms with E-state index < -0.39 is 0 Å². The molecule has 0 spiro atoms. The van der Waals surface area contributed by atoms with Crippen molar-refractivity contribution in [1.82, 2.24) is 4.98 Å². The van der Waals surface area contributed by atoms with E-state index in [0.29, 0.717) is 0 Å². The lowest BCUT2D eigenvalue weighted by atomic mass is 10.1. The molecule has 2 aromatic rings. The van der Waals surface area contributed by atoms with Crippen molar-refractivity contribution < 1.29 is 0 Å². The number of aromatic nitrogens is 1. The van der Waals surface area contributed by atoms with Crippen LogP contribution in [-0.2, 0) is 6.42 Å². The molecule has 0 aliphatic rings. The van der Waals surface area contributed by atoms with E-state index in [1.54, 1.807) is 0 Å². The van der Waals surface area contributed by atoms with Gasteiger partial charge in [0.1, 0.15) is 0 Å². The highest BCUT2D eigenvalue weighted by atomic mass is 32.2. The minimum absolute atomic E-state index is 0.101. The zero-order chi connectivity index (χ0) is 12.8. The van der Waals surface area contributed by atoms with Gasteiger partial charge in [-0.15, -0.1) is 11.8 Å². The minimum Gasteiger partial charge on any atom is -0.324 e. The summed E-state index contributed by atoms with van der Waals surface area (Å²) >= 11 is 1.86. The molecule has 1 aromatic carbocycles. The van der Waals surface area contributed by atoms with Gasteiger partial charge in [0.15, 0.2) is 0 Å². The van der Waals surface area contributed by atoms with Crippen LogP contribution in [0.25, 0.3) is 0 Å². The Kier molecular flexibility index (Phi) is 4.79. The molecule has 2 N–H and O–H groups in total. The number of thioether (sulfide) groups is 1. The Bertz CT molecular complexity index is 483. The predicted molar refractivity (Wildman–Crippen MR) is 77.7 cm³/mol. The summed E-state index contributed by atoms with van der Waals surface area (Å²) in [5, 5.41) is 0. The molecule has 0 bridgehead atoms. The van der Waals surface area contributed by atoms with Crippen molar-refractivity contribution in [3.63, 3.8) is 0 Å². The maximum absolute atomic E-state index is 5.88. The van der Waals surface area contributed by atoms with Gasteiger partial charge in [0, 0.05) is 29.1 Å². The molecule has 3 heteroatoms. The summed E-state index contributed by atoms with van der Waals surface area (Å²) in [7, 11) is 0. The number of rotatable bonds is 5. The van der Waals surface area contributed by atoms with E-state index in [-0.39, 0.29) is 6.04 Å². The van der Waals surface area contributed by atoms with Crippen molar-refractivity contribution in [2.24, 2.45) is 5.73 Å². The van der Waals surface area contributed by atoms with Crippen molar-refractivity contribution in [2.75, 3.05) is 5.75 Å². The Hall–Kier alpha value is -1.32. The quantitative estimate of drug-likeness (QED) is 0.835. The second-order valence-electron chi connectivity index (χ2n) is 4.32. The monoisotopic (exact) mass is 258 g/mol. The van der Waals surface area contributed by atoms with Crippen molar-refractivity contribution in [3.8, 4) is 0 Å². The summed E-state index contributed by atoms with van der Waals surface area (Å²) in [4.78, 5) is 5.41. The van der Waals surface area contributed by atoms with Gasteiger partial charge >= 0.3 is 0 Å². The Labute approximate surface area is 113 Å². The zero-order valence-electron chi connectivity index (χ0n) is 10.5. The van der Waals surface area contributed by atoms with Gasteiger partial charge < -0.3 is 5.73 Å². The average Bonchev–Trinajstić information content (AvgIpc) is 2.40. The molecule has 0 saturated heterocycles. The normalized spacial score (nSPS) is 12.3. The molecule has 2 rings (SSSR count). The molecule has 0 aliphatic carbocycles. The molecular formula is C15H18N2S. The third kappa shape index (κ3) is 3.86. The molecule has 0 radical (unpaired) electrons. The molecule has 0 fully saturated rings. The predicted octanol–water partition coefficient (Wildman–Crippen LogP) is 3.44. The first-order chi connectivity index (χ1) is 8.75. The number of benzene rings is 1.